The lowest BCUT2D eigenvalue weighted by molar-refractivity contribution is -0.232. The number of halogens is 4. The largest absolute Gasteiger partial charge is 0.481 e. The normalized spacial score (nSPS) is 35.5. The number of hydrogen-bond acceptors (Lipinski definition) is 14. The van der Waals surface area contributed by atoms with Gasteiger partial charge in [0, 0.05) is 28.3 Å². The van der Waals surface area contributed by atoms with Crippen molar-refractivity contribution >= 4 is 81.8 Å². The fraction of sp³-hybridized carbons (Fsp3) is 0.698. The topological polar surface area (TPSA) is 239 Å². The molecule has 7 fully saturated rings. The van der Waals surface area contributed by atoms with Crippen LogP contribution in [-0.4, -0.2) is 78.3 Å². The Morgan fingerprint density at radius 1 is 0.594 bits per heavy atom. The number of nitrogens with zero attached hydrogens (tertiary/aromatic N) is 4. The minimum absolute atomic E-state index is 0.0110. The molecule has 0 saturated heterocycles. The molecule has 0 spiro atoms. The van der Waals surface area contributed by atoms with E-state index < -0.39 is 63.5 Å². The number of carboxylic acid groups (broad SMARTS) is 2. The second-order valence-electron chi connectivity index (χ2n) is 38.3. The van der Waals surface area contributed by atoms with Crippen molar-refractivity contribution in [2.75, 3.05) is 0 Å². The van der Waals surface area contributed by atoms with Crippen molar-refractivity contribution in [1.29, 1.82) is 0 Å². The number of ketones is 2. The number of carbonyl (C=O) groups is 6. The molecule has 0 amide bonds. The molecule has 13 rings (SSSR count). The SMILES string of the molecule is CC[C@H](CC[C@@]1(C)[C@H](C)CC[C@]2(C)[C@@H]1CC[C@@H]1C3=C(C(C)C)C(=O)C[C@]3(c3nnc(-c4cc(CC(C)(CC(=O)O[C@H]5CC[C@]6(C)[C@H]7CC[C@@H]8C9=C(C(C)C)C(=O)C[C@]9(c9nnc(-c%10ccc(Cl)cc%10Cl)o9)CC[C@@]8(C)[C@]7(C)CC[C@H]6C5(C)C)C(=O)O)c(Cl)cc4Cl)o3)CC[C@]12C)OC(=O)CC(C)(C)C(=O)O. The molecule has 1 unspecified atom stereocenters. The van der Waals surface area contributed by atoms with Gasteiger partial charge in [-0.3, -0.25) is 28.8 Å². The summed E-state index contributed by atoms with van der Waals surface area (Å²) >= 11 is 27.1. The molecule has 9 aliphatic rings. The molecular weight excluding hydrogens is 1420 g/mol. The summed E-state index contributed by atoms with van der Waals surface area (Å²) in [6.07, 6.45) is 13.4. The summed E-state index contributed by atoms with van der Waals surface area (Å²) in [5.74, 6) is -0.324. The molecule has 2 heterocycles. The van der Waals surface area contributed by atoms with Crippen LogP contribution in [-0.2, 0) is 55.5 Å². The van der Waals surface area contributed by atoms with Crippen molar-refractivity contribution in [3.63, 3.8) is 0 Å². The van der Waals surface area contributed by atoms with Gasteiger partial charge in [0.25, 0.3) is 0 Å². The average molecular weight is 1540 g/mol. The van der Waals surface area contributed by atoms with E-state index in [1.807, 2.05) is 6.92 Å². The molecule has 2 aromatic carbocycles. The number of allylic oxidation sites excluding steroid dienone is 4. The maximum absolute atomic E-state index is 14.8. The number of carboxylic acids is 2. The maximum atomic E-state index is 14.8. The first-order chi connectivity index (χ1) is 49.5. The van der Waals surface area contributed by atoms with Crippen LogP contribution in [0, 0.1) is 96.1 Å². The van der Waals surface area contributed by atoms with Gasteiger partial charge in [-0.2, -0.15) is 0 Å². The molecule has 17 atom stereocenters. The van der Waals surface area contributed by atoms with E-state index in [0.29, 0.717) is 101 Å². The van der Waals surface area contributed by atoms with Gasteiger partial charge in [-0.05, 0) is 274 Å². The molecule has 9 aliphatic carbocycles. The van der Waals surface area contributed by atoms with Crippen LogP contribution in [0.2, 0.25) is 20.1 Å². The highest BCUT2D eigenvalue weighted by atomic mass is 35.5. The lowest BCUT2D eigenvalue weighted by atomic mass is 9.33. The lowest BCUT2D eigenvalue weighted by Gasteiger charge is -2.72. The standard InChI is InChI=1S/C86H112Cl4N4O12/c1-18-50(103-64(97)43-76(7,8)74(99)100)26-29-79(12)47(6)25-31-83(16)61(79)23-21-53-68-66(45(2)3)59(96)42-86(68,35-33-81(53,83)14)73-94-92-71(106-73)52-37-48(55(88)39-57(52)90)40-78(11,75(101)102)44-65(98)104-63-28-30-80(13)60(77(63,9)10)27-32-84(17)62(80)24-22-54-69-67(46(4)5)58(95)41-85(69,36-34-82(54,84)15)72-93-91-70(105-72)51-20-19-49(87)38-56(51)89/h19-20,37-39,45-47,50,53-54,60-63H,18,21-36,40-44H2,1-17H3,(H,99,100)(H,101,102)/t47-,50-,53-,54-,60+,61-,62-,63+,78?,79+,80+,81-,82-,83-,84-,85-,86-/m1/s1. The van der Waals surface area contributed by atoms with E-state index in [-0.39, 0.29) is 115 Å². The molecule has 0 radical (unpaired) electrons. The molecule has 7 saturated carbocycles. The molecule has 2 aromatic heterocycles. The average Bonchev–Trinajstić information content (AvgIpc) is 1.09. The number of fused-ring (bicyclic) bond motifs is 12. The zero-order valence-corrected chi connectivity index (χ0v) is 68.5. The van der Waals surface area contributed by atoms with Gasteiger partial charge in [-0.25, -0.2) is 0 Å². The smallest absolute Gasteiger partial charge is 0.310 e. The molecule has 4 aromatic rings. The second kappa shape index (κ2) is 27.2. The van der Waals surface area contributed by atoms with Crippen LogP contribution in [0.3, 0.4) is 0 Å². The first kappa shape index (κ1) is 78.7. The quantitative estimate of drug-likeness (QED) is 0.0782. The molecule has 20 heteroatoms. The zero-order valence-electron chi connectivity index (χ0n) is 65.5. The van der Waals surface area contributed by atoms with Gasteiger partial charge in [0.2, 0.25) is 23.6 Å². The third kappa shape index (κ3) is 12.1. The van der Waals surface area contributed by atoms with E-state index in [9.17, 15) is 39.0 Å². The van der Waals surface area contributed by atoms with Crippen LogP contribution in [0.4, 0.5) is 0 Å². The molecule has 16 nitrogen and oxygen atoms in total. The van der Waals surface area contributed by atoms with E-state index in [1.54, 1.807) is 51.1 Å². The highest BCUT2D eigenvalue weighted by Gasteiger charge is 2.73. The van der Waals surface area contributed by atoms with Crippen LogP contribution in [0.1, 0.15) is 270 Å². The number of ether oxygens (including phenoxy) is 2. The summed E-state index contributed by atoms with van der Waals surface area (Å²) < 4.78 is 26.2. The Morgan fingerprint density at radius 2 is 1.13 bits per heavy atom. The zero-order chi connectivity index (χ0) is 77.1. The van der Waals surface area contributed by atoms with E-state index in [0.717, 1.165) is 93.8 Å². The van der Waals surface area contributed by atoms with Crippen molar-refractivity contribution < 1.29 is 57.3 Å². The Bertz CT molecular complexity index is 4320. The van der Waals surface area contributed by atoms with Crippen molar-refractivity contribution in [3.05, 3.63) is 90.1 Å². The Labute approximate surface area is 646 Å². The van der Waals surface area contributed by atoms with E-state index in [2.05, 4.69) is 95.1 Å². The van der Waals surface area contributed by atoms with Gasteiger partial charge in [-0.15, -0.1) is 20.4 Å². The van der Waals surface area contributed by atoms with Gasteiger partial charge in [-0.1, -0.05) is 143 Å². The maximum Gasteiger partial charge on any atom is 0.310 e. The Morgan fingerprint density at radius 3 is 1.67 bits per heavy atom. The Balaban J connectivity index is 0.705. The van der Waals surface area contributed by atoms with Crippen LogP contribution in [0.5, 0.6) is 0 Å². The van der Waals surface area contributed by atoms with Gasteiger partial charge in [0.1, 0.15) is 12.2 Å². The van der Waals surface area contributed by atoms with Crippen molar-refractivity contribution in [1.82, 2.24) is 20.4 Å². The molecule has 0 bridgehead atoms. The molecule has 576 valence electrons. The van der Waals surface area contributed by atoms with Crippen LogP contribution in [0.25, 0.3) is 22.9 Å². The molecule has 0 aliphatic heterocycles. The number of aromatic nitrogens is 4. The summed E-state index contributed by atoms with van der Waals surface area (Å²) in [6, 6.07) is 8.47. The third-order valence-corrected chi connectivity index (χ3v) is 32.8. The number of hydrogen-bond donors (Lipinski definition) is 2. The first-order valence-corrected chi connectivity index (χ1v) is 41.0. The highest BCUT2D eigenvalue weighted by Crippen LogP contribution is 2.78. The minimum Gasteiger partial charge on any atom is -0.481 e. The summed E-state index contributed by atoms with van der Waals surface area (Å²) in [5.41, 5.74) is -0.150. The molecular formula is C86H112Cl4N4O12. The number of carbonyl (C=O) groups excluding carboxylic acids is 4. The molecule has 2 N–H and O–H groups in total. The van der Waals surface area contributed by atoms with Crippen molar-refractivity contribution in [3.8, 4) is 22.9 Å². The van der Waals surface area contributed by atoms with Crippen LogP contribution >= 0.6 is 46.4 Å². The second-order valence-corrected chi connectivity index (χ2v) is 39.9. The highest BCUT2D eigenvalue weighted by molar-refractivity contribution is 6.37. The Hall–Kier alpha value is -5.42. The fourth-order valence-electron chi connectivity index (χ4n) is 25.1. The lowest BCUT2D eigenvalue weighted by Crippen LogP contribution is -2.66. The number of Topliss-reactive ketones (excluding diaryl/α,β-unsaturated/α-hetero) is 2. The van der Waals surface area contributed by atoms with Crippen molar-refractivity contribution in [2.45, 2.75) is 282 Å². The van der Waals surface area contributed by atoms with Gasteiger partial charge in [0.05, 0.1) is 55.7 Å². The van der Waals surface area contributed by atoms with Gasteiger partial charge < -0.3 is 28.5 Å². The third-order valence-electron chi connectivity index (χ3n) is 31.6. The monoisotopic (exact) mass is 1530 g/mol. The summed E-state index contributed by atoms with van der Waals surface area (Å²) in [4.78, 5) is 82.8. The van der Waals surface area contributed by atoms with Gasteiger partial charge >= 0.3 is 23.9 Å². The summed E-state index contributed by atoms with van der Waals surface area (Å²) in [7, 11) is 0. The number of benzene rings is 2. The van der Waals surface area contributed by atoms with Crippen LogP contribution < -0.4 is 0 Å². The first-order valence-electron chi connectivity index (χ1n) is 39.5. The van der Waals surface area contributed by atoms with E-state index in [1.165, 1.54) is 5.57 Å². The predicted molar refractivity (Wildman–Crippen MR) is 409 cm³/mol. The van der Waals surface area contributed by atoms with Gasteiger partial charge in [0.15, 0.2) is 11.6 Å². The predicted octanol–water partition coefficient (Wildman–Crippen LogP) is 21.3. The summed E-state index contributed by atoms with van der Waals surface area (Å²) in [6.45, 7) is 37.0. The minimum atomic E-state index is -1.66. The number of aliphatic carboxylic acids is 2. The Kier molecular flexibility index (Phi) is 20.2. The van der Waals surface area contributed by atoms with Crippen molar-refractivity contribution in [2.24, 2.45) is 96.1 Å². The van der Waals surface area contributed by atoms with Crippen LogP contribution in [0.15, 0.2) is 61.5 Å². The number of rotatable bonds is 20. The fourth-order valence-corrected chi connectivity index (χ4v) is 26.2. The van der Waals surface area contributed by atoms with E-state index >= 15 is 0 Å². The summed E-state index contributed by atoms with van der Waals surface area (Å²) in [5, 5.41) is 41.1. The van der Waals surface area contributed by atoms with E-state index in [4.69, 9.17) is 80.0 Å². The molecule has 106 heavy (non-hydrogen) atoms. The number of esters is 2.